The summed E-state index contributed by atoms with van der Waals surface area (Å²) in [5, 5.41) is 0. The molecule has 1 aliphatic rings. The van der Waals surface area contributed by atoms with Gasteiger partial charge in [-0.25, -0.2) is 57.1 Å². The van der Waals surface area contributed by atoms with E-state index in [4.69, 9.17) is 0 Å². The molecule has 0 radical (unpaired) electrons. The highest BCUT2D eigenvalue weighted by molar-refractivity contribution is 5.65. The summed E-state index contributed by atoms with van der Waals surface area (Å²) >= 11 is 0. The van der Waals surface area contributed by atoms with Crippen LogP contribution in [0.5, 0.6) is 0 Å². The molecule has 2 atom stereocenters. The zero-order valence-electron chi connectivity index (χ0n) is 15.1. The average molecular weight is 490 g/mol. The molecule has 2 unspecified atom stereocenters. The number of hydrogen-bond acceptors (Lipinski definition) is 0. The van der Waals surface area contributed by atoms with Crippen LogP contribution in [0.25, 0.3) is 0 Å². The largest absolute Gasteiger partial charge is 0.229 e. The van der Waals surface area contributed by atoms with Crippen LogP contribution in [-0.4, -0.2) is 0 Å². The Balaban J connectivity index is 2.26. The molecule has 0 saturated carbocycles. The number of alkyl halides is 2. The fourth-order valence-corrected chi connectivity index (χ4v) is 3.91. The van der Waals surface area contributed by atoms with Crippen molar-refractivity contribution in [2.24, 2.45) is 0 Å². The molecule has 0 amide bonds. The van der Waals surface area contributed by atoms with Crippen LogP contribution in [-0.2, 0) is 11.3 Å². The van der Waals surface area contributed by atoms with Crippen LogP contribution in [0.2, 0.25) is 0 Å². The molecule has 0 spiro atoms. The van der Waals surface area contributed by atoms with Gasteiger partial charge in [0.1, 0.15) is 23.3 Å². The number of halogens is 13. The Hall–Kier alpha value is -3.25. The van der Waals surface area contributed by atoms with Crippen molar-refractivity contribution in [3.63, 3.8) is 0 Å². The molecule has 1 aliphatic carbocycles. The quantitative estimate of drug-likeness (QED) is 0.214. The van der Waals surface area contributed by atoms with Crippen LogP contribution in [0.15, 0.2) is 18.2 Å². The van der Waals surface area contributed by atoms with E-state index in [1.165, 1.54) is 0 Å². The lowest BCUT2D eigenvalue weighted by molar-refractivity contribution is -0.0445. The van der Waals surface area contributed by atoms with Crippen molar-refractivity contribution in [1.82, 2.24) is 0 Å². The summed E-state index contributed by atoms with van der Waals surface area (Å²) in [5.41, 5.74) is -19.5. The van der Waals surface area contributed by atoms with Crippen LogP contribution >= 0.6 is 0 Å². The number of hydrogen-bond donors (Lipinski definition) is 0. The zero-order chi connectivity index (χ0) is 24.8. The van der Waals surface area contributed by atoms with Gasteiger partial charge in [-0.2, -0.15) is 0 Å². The number of rotatable bonds is 2. The molecule has 0 aromatic heterocycles. The molecule has 0 fully saturated rings. The second kappa shape index (κ2) is 6.87. The highest BCUT2D eigenvalue weighted by atomic mass is 19.2. The zero-order valence-corrected chi connectivity index (χ0v) is 15.1. The third-order valence-electron chi connectivity index (χ3n) is 5.24. The highest BCUT2D eigenvalue weighted by Crippen LogP contribution is 2.67. The van der Waals surface area contributed by atoms with Crippen LogP contribution in [0.4, 0.5) is 57.1 Å². The van der Waals surface area contributed by atoms with Crippen LogP contribution in [0, 0.1) is 64.0 Å². The van der Waals surface area contributed by atoms with Gasteiger partial charge >= 0.3 is 0 Å². The van der Waals surface area contributed by atoms with Crippen molar-refractivity contribution in [1.29, 1.82) is 0 Å². The molecular formula is C20H3F13. The van der Waals surface area contributed by atoms with Gasteiger partial charge in [-0.1, -0.05) is 0 Å². The van der Waals surface area contributed by atoms with E-state index in [0.717, 1.165) is 0 Å². The minimum Gasteiger partial charge on any atom is -0.229 e. The molecule has 0 nitrogen and oxygen atoms in total. The Morgan fingerprint density at radius 2 is 0.727 bits per heavy atom. The minimum absolute atomic E-state index is 0.301. The summed E-state index contributed by atoms with van der Waals surface area (Å²) in [5.74, 6) is -28.0. The molecule has 3 aromatic carbocycles. The summed E-state index contributed by atoms with van der Waals surface area (Å²) in [6.45, 7) is 0. The fourth-order valence-electron chi connectivity index (χ4n) is 3.91. The van der Waals surface area contributed by atoms with Gasteiger partial charge in [-0.3, -0.25) is 0 Å². The SMILES string of the molecule is Fc1cc(F)c(C2(F)c3c(F)c(F)c(F)c(F)c3C2(F)c2c(F)cc(F)c(F)c2F)c(F)c1. The van der Waals surface area contributed by atoms with Crippen molar-refractivity contribution in [2.75, 3.05) is 0 Å². The molecule has 33 heavy (non-hydrogen) atoms. The fraction of sp³-hybridized carbons (Fsp3) is 0.100. The first-order valence-electron chi connectivity index (χ1n) is 8.44. The van der Waals surface area contributed by atoms with E-state index in [0.29, 0.717) is 0 Å². The Bertz CT molecular complexity index is 1340. The molecule has 13 heteroatoms. The Morgan fingerprint density at radius 3 is 1.18 bits per heavy atom. The van der Waals surface area contributed by atoms with Crippen molar-refractivity contribution >= 4 is 0 Å². The Kier molecular flexibility index (Phi) is 4.78. The third-order valence-corrected chi connectivity index (χ3v) is 5.24. The van der Waals surface area contributed by atoms with E-state index >= 15 is 8.78 Å². The predicted molar refractivity (Wildman–Crippen MR) is 82.6 cm³/mol. The maximum atomic E-state index is 16.1. The Labute approximate surface area is 173 Å². The maximum absolute atomic E-state index is 16.1. The second-order valence-corrected chi connectivity index (χ2v) is 6.91. The van der Waals surface area contributed by atoms with Gasteiger partial charge in [0, 0.05) is 29.3 Å². The van der Waals surface area contributed by atoms with Gasteiger partial charge in [0.15, 0.2) is 40.7 Å². The number of benzene rings is 3. The van der Waals surface area contributed by atoms with Gasteiger partial charge in [-0.15, -0.1) is 0 Å². The normalized spacial score (nSPS) is 21.7. The van der Waals surface area contributed by atoms with Gasteiger partial charge in [-0.05, 0) is 0 Å². The van der Waals surface area contributed by atoms with E-state index in [1.54, 1.807) is 0 Å². The molecular weight excluding hydrogens is 487 g/mol. The van der Waals surface area contributed by atoms with Crippen LogP contribution in [0.1, 0.15) is 22.3 Å². The molecule has 0 bridgehead atoms. The van der Waals surface area contributed by atoms with E-state index in [9.17, 15) is 48.3 Å². The third kappa shape index (κ3) is 2.55. The lowest BCUT2D eigenvalue weighted by Gasteiger charge is -2.50. The van der Waals surface area contributed by atoms with E-state index in [1.807, 2.05) is 0 Å². The van der Waals surface area contributed by atoms with E-state index < -0.39 is 104 Å². The topological polar surface area (TPSA) is 0 Å². The smallest absolute Gasteiger partial charge is 0.212 e. The first kappa shape index (κ1) is 22.9. The summed E-state index contributed by atoms with van der Waals surface area (Å²) in [6, 6.07) is -1.17. The van der Waals surface area contributed by atoms with Crippen LogP contribution in [0.3, 0.4) is 0 Å². The van der Waals surface area contributed by atoms with Crippen LogP contribution < -0.4 is 0 Å². The van der Waals surface area contributed by atoms with Gasteiger partial charge < -0.3 is 0 Å². The van der Waals surface area contributed by atoms with E-state index in [-0.39, 0.29) is 12.1 Å². The maximum Gasteiger partial charge on any atom is 0.212 e. The molecule has 0 N–H and O–H groups in total. The minimum atomic E-state index is -5.04. The summed E-state index contributed by atoms with van der Waals surface area (Å²) in [7, 11) is 0. The van der Waals surface area contributed by atoms with E-state index in [2.05, 4.69) is 0 Å². The Morgan fingerprint density at radius 1 is 0.364 bits per heavy atom. The predicted octanol–water partition coefficient (Wildman–Crippen LogP) is 6.66. The summed E-state index contributed by atoms with van der Waals surface area (Å²) in [6.07, 6.45) is 0. The lowest BCUT2D eigenvalue weighted by atomic mass is 9.56. The molecule has 0 aliphatic heterocycles. The summed E-state index contributed by atoms with van der Waals surface area (Å²) in [4.78, 5) is 0. The summed E-state index contributed by atoms with van der Waals surface area (Å²) < 4.78 is 186. The average Bonchev–Trinajstić information content (AvgIpc) is 2.71. The lowest BCUT2D eigenvalue weighted by Crippen LogP contribution is -2.58. The number of fused-ring (bicyclic) bond motifs is 1. The molecule has 4 rings (SSSR count). The van der Waals surface area contributed by atoms with Crippen molar-refractivity contribution in [3.8, 4) is 0 Å². The van der Waals surface area contributed by atoms with Crippen molar-refractivity contribution < 1.29 is 57.1 Å². The first-order chi connectivity index (χ1) is 15.2. The first-order valence-corrected chi connectivity index (χ1v) is 8.44. The molecule has 174 valence electrons. The second-order valence-electron chi connectivity index (χ2n) is 6.91. The van der Waals surface area contributed by atoms with Gasteiger partial charge in [0.05, 0.1) is 11.1 Å². The van der Waals surface area contributed by atoms with Crippen molar-refractivity contribution in [2.45, 2.75) is 11.3 Å². The van der Waals surface area contributed by atoms with Crippen molar-refractivity contribution in [3.05, 3.63) is 104 Å². The molecule has 0 saturated heterocycles. The molecule has 0 heterocycles. The van der Waals surface area contributed by atoms with Gasteiger partial charge in [0.25, 0.3) is 0 Å². The van der Waals surface area contributed by atoms with Gasteiger partial charge in [0.2, 0.25) is 11.3 Å². The standard InChI is InChI=1S/C20H3F13/c21-4-1-5(22)9(6(23)2-4)19(32)11-12(16(29)18(31)17(30)15(11)28)20(19,33)10-7(24)3-8(25)13(26)14(10)27/h1-3H. The monoisotopic (exact) mass is 490 g/mol. The molecule has 3 aromatic rings. The highest BCUT2D eigenvalue weighted by Gasteiger charge is 2.74.